The molecule has 1 unspecified atom stereocenters. The number of nitrogens with zero attached hydrogens (tertiary/aromatic N) is 1. The number of allylic oxidation sites excluding steroid dienone is 2. The van der Waals surface area contributed by atoms with E-state index in [1.165, 1.54) is 14.2 Å². The molecule has 1 aromatic carbocycles. The molecule has 7 heteroatoms. The maximum atomic E-state index is 11.8. The van der Waals surface area contributed by atoms with Crippen molar-refractivity contribution in [2.75, 3.05) is 14.2 Å². The van der Waals surface area contributed by atoms with Crippen LogP contribution in [0.25, 0.3) is 5.57 Å². The van der Waals surface area contributed by atoms with Crippen molar-refractivity contribution in [3.63, 3.8) is 0 Å². The summed E-state index contributed by atoms with van der Waals surface area (Å²) in [5.41, 5.74) is -0.843. The van der Waals surface area contributed by atoms with Gasteiger partial charge in [-0.1, -0.05) is 12.1 Å². The van der Waals surface area contributed by atoms with Gasteiger partial charge in [0.15, 0.2) is 0 Å². The van der Waals surface area contributed by atoms with Crippen molar-refractivity contribution in [2.24, 2.45) is 0 Å². The average molecular weight is 319 g/mol. The molecule has 0 amide bonds. The Hall–Kier alpha value is -2.83. The molecular weight excluding hydrogens is 302 g/mol. The van der Waals surface area contributed by atoms with E-state index in [0.717, 1.165) is 0 Å². The Morgan fingerprint density at radius 3 is 2.39 bits per heavy atom. The van der Waals surface area contributed by atoms with Gasteiger partial charge in [0.25, 0.3) is 5.54 Å². The van der Waals surface area contributed by atoms with Gasteiger partial charge in [0, 0.05) is 10.5 Å². The highest BCUT2D eigenvalue weighted by atomic mass is 16.6. The zero-order valence-electron chi connectivity index (χ0n) is 12.8. The van der Waals surface area contributed by atoms with Crippen LogP contribution in [0.5, 0.6) is 5.75 Å². The molecule has 1 aliphatic rings. The average Bonchev–Trinajstić information content (AvgIpc) is 2.54. The van der Waals surface area contributed by atoms with Crippen LogP contribution in [0.3, 0.4) is 0 Å². The van der Waals surface area contributed by atoms with E-state index in [1.54, 1.807) is 36.4 Å². The molecule has 0 heterocycles. The Labute approximate surface area is 133 Å². The first-order valence-corrected chi connectivity index (χ1v) is 6.89. The van der Waals surface area contributed by atoms with E-state index in [4.69, 9.17) is 9.47 Å². The Bertz CT molecular complexity index is 676. The molecule has 1 atom stereocenters. The number of methoxy groups -OCH3 is 2. The van der Waals surface area contributed by atoms with Crippen molar-refractivity contribution >= 4 is 11.5 Å². The summed E-state index contributed by atoms with van der Waals surface area (Å²) in [5, 5.41) is 20.9. The molecule has 2 rings (SSSR count). The van der Waals surface area contributed by atoms with Crippen LogP contribution in [0.4, 0.5) is 0 Å². The molecule has 0 radical (unpaired) electrons. The number of ether oxygens (including phenoxy) is 2. The summed E-state index contributed by atoms with van der Waals surface area (Å²) in [4.78, 5) is 22.5. The minimum absolute atomic E-state index is 0.110. The van der Waals surface area contributed by atoms with Crippen molar-refractivity contribution in [2.45, 2.75) is 18.4 Å². The molecule has 1 aromatic rings. The second-order valence-corrected chi connectivity index (χ2v) is 5.18. The van der Waals surface area contributed by atoms with Gasteiger partial charge < -0.3 is 14.6 Å². The molecule has 0 saturated carbocycles. The first-order valence-electron chi connectivity index (χ1n) is 6.89. The number of carboxylic acid groups (broad SMARTS) is 1. The molecule has 1 N–H and O–H groups in total. The van der Waals surface area contributed by atoms with E-state index in [1.807, 2.05) is 0 Å². The lowest BCUT2D eigenvalue weighted by molar-refractivity contribution is -0.550. The van der Waals surface area contributed by atoms with E-state index in [9.17, 15) is 20.0 Å². The molecule has 0 saturated heterocycles. The first kappa shape index (κ1) is 16.5. The number of nitro groups is 1. The Morgan fingerprint density at radius 2 is 1.91 bits per heavy atom. The molecule has 7 nitrogen and oxygen atoms in total. The van der Waals surface area contributed by atoms with Crippen LogP contribution >= 0.6 is 0 Å². The highest BCUT2D eigenvalue weighted by Gasteiger charge is 2.51. The number of carbonyl (C=O) groups is 1. The van der Waals surface area contributed by atoms with Crippen molar-refractivity contribution in [3.8, 4) is 5.75 Å². The largest absolute Gasteiger partial charge is 0.501 e. The number of hydrogen-bond acceptors (Lipinski definition) is 5. The molecule has 0 aliphatic heterocycles. The third-order valence-electron chi connectivity index (χ3n) is 3.86. The van der Waals surface area contributed by atoms with Crippen molar-refractivity contribution in [3.05, 3.63) is 57.9 Å². The normalized spacial score (nSPS) is 20.3. The number of benzene rings is 1. The third-order valence-corrected chi connectivity index (χ3v) is 3.86. The number of carboxylic acids is 1. The van der Waals surface area contributed by atoms with E-state index in [-0.39, 0.29) is 6.42 Å². The minimum atomic E-state index is -1.76. The maximum absolute atomic E-state index is 11.8. The van der Waals surface area contributed by atoms with Gasteiger partial charge in [-0.3, -0.25) is 14.9 Å². The van der Waals surface area contributed by atoms with E-state index in [2.05, 4.69) is 0 Å². The van der Waals surface area contributed by atoms with Gasteiger partial charge in [-0.15, -0.1) is 0 Å². The highest BCUT2D eigenvalue weighted by Crippen LogP contribution is 2.41. The zero-order valence-corrected chi connectivity index (χ0v) is 12.8. The smallest absolute Gasteiger partial charge is 0.311 e. The number of hydrogen-bond donors (Lipinski definition) is 1. The molecule has 1 aliphatic carbocycles. The summed E-state index contributed by atoms with van der Waals surface area (Å²) in [7, 11) is 2.93. The van der Waals surface area contributed by atoms with Gasteiger partial charge in [-0.05, 0) is 29.8 Å². The summed E-state index contributed by atoms with van der Waals surface area (Å²) < 4.78 is 10.2. The molecule has 23 heavy (non-hydrogen) atoms. The fraction of sp³-hybridized carbons (Fsp3) is 0.312. The molecule has 0 bridgehead atoms. The van der Waals surface area contributed by atoms with Gasteiger partial charge in [0.2, 0.25) is 0 Å². The molecule has 0 spiro atoms. The fourth-order valence-corrected chi connectivity index (χ4v) is 2.68. The zero-order chi connectivity index (χ0) is 17.0. The number of aliphatic carboxylic acids is 1. The fourth-order valence-electron chi connectivity index (χ4n) is 2.68. The van der Waals surface area contributed by atoms with Crippen LogP contribution in [0.2, 0.25) is 0 Å². The summed E-state index contributed by atoms with van der Waals surface area (Å²) in [6.45, 7) is 0. The van der Waals surface area contributed by atoms with Crippen molar-refractivity contribution < 1.29 is 24.3 Å². The molecule has 0 aromatic heterocycles. The van der Waals surface area contributed by atoms with Crippen LogP contribution in [0.15, 0.2) is 42.2 Å². The third kappa shape index (κ3) is 3.18. The van der Waals surface area contributed by atoms with Crippen molar-refractivity contribution in [1.29, 1.82) is 0 Å². The SMILES string of the molecule is COC1=CC=C(c2ccc(OC)cc2)C(CC(=O)O)([N+](=O)[O-])C1. The summed E-state index contributed by atoms with van der Waals surface area (Å²) in [5.74, 6) is -0.248. The van der Waals surface area contributed by atoms with Gasteiger partial charge >= 0.3 is 5.97 Å². The maximum Gasteiger partial charge on any atom is 0.311 e. The van der Waals surface area contributed by atoms with E-state index < -0.39 is 22.9 Å². The van der Waals surface area contributed by atoms with Crippen LogP contribution in [-0.4, -0.2) is 35.8 Å². The standard InChI is InChI=1S/C16H17NO6/c1-22-12-5-3-11(4-6-12)14-8-7-13(23-2)9-16(14,17(20)21)10-15(18)19/h3-8H,9-10H2,1-2H3,(H,18,19). The Balaban J connectivity index is 2.56. The van der Waals surface area contributed by atoms with Gasteiger partial charge in [-0.25, -0.2) is 0 Å². The predicted octanol–water partition coefficient (Wildman–Crippen LogP) is 2.50. The van der Waals surface area contributed by atoms with Crippen LogP contribution in [0, 0.1) is 10.1 Å². The monoisotopic (exact) mass is 319 g/mol. The first-order chi connectivity index (χ1) is 10.9. The van der Waals surface area contributed by atoms with E-state index >= 15 is 0 Å². The summed E-state index contributed by atoms with van der Waals surface area (Å²) >= 11 is 0. The summed E-state index contributed by atoms with van der Waals surface area (Å²) in [6, 6.07) is 6.71. The van der Waals surface area contributed by atoms with Gasteiger partial charge in [0.1, 0.15) is 17.9 Å². The highest BCUT2D eigenvalue weighted by molar-refractivity contribution is 5.81. The predicted molar refractivity (Wildman–Crippen MR) is 82.7 cm³/mol. The Kier molecular flexibility index (Phi) is 4.68. The van der Waals surface area contributed by atoms with Gasteiger partial charge in [-0.2, -0.15) is 0 Å². The van der Waals surface area contributed by atoms with Crippen molar-refractivity contribution in [1.82, 2.24) is 0 Å². The topological polar surface area (TPSA) is 98.9 Å². The van der Waals surface area contributed by atoms with Crippen LogP contribution in [0.1, 0.15) is 18.4 Å². The second-order valence-electron chi connectivity index (χ2n) is 5.18. The lowest BCUT2D eigenvalue weighted by atomic mass is 9.77. The lowest BCUT2D eigenvalue weighted by Crippen LogP contribution is -2.43. The second kappa shape index (κ2) is 6.51. The minimum Gasteiger partial charge on any atom is -0.501 e. The summed E-state index contributed by atoms with van der Waals surface area (Å²) in [6.07, 6.45) is 2.44. The van der Waals surface area contributed by atoms with Crippen LogP contribution < -0.4 is 4.74 Å². The van der Waals surface area contributed by atoms with Gasteiger partial charge in [0.05, 0.1) is 20.6 Å². The quantitative estimate of drug-likeness (QED) is 0.639. The Morgan fingerprint density at radius 1 is 1.26 bits per heavy atom. The lowest BCUT2D eigenvalue weighted by Gasteiger charge is -2.30. The number of rotatable bonds is 6. The van der Waals surface area contributed by atoms with Crippen LogP contribution in [-0.2, 0) is 9.53 Å². The molecular formula is C16H17NO6. The van der Waals surface area contributed by atoms with E-state index in [0.29, 0.717) is 22.6 Å². The molecule has 0 fully saturated rings. The molecule has 122 valence electrons.